The molecule has 92 valence electrons. The van der Waals surface area contributed by atoms with Crippen LogP contribution in [-0.4, -0.2) is 35.0 Å². The van der Waals surface area contributed by atoms with E-state index in [0.717, 1.165) is 24.2 Å². The monoisotopic (exact) mass is 234 g/mol. The summed E-state index contributed by atoms with van der Waals surface area (Å²) in [4.78, 5) is 1.90. The van der Waals surface area contributed by atoms with Crippen molar-refractivity contribution in [3.05, 3.63) is 16.8 Å². The van der Waals surface area contributed by atoms with Crippen molar-refractivity contribution in [2.75, 3.05) is 24.6 Å². The summed E-state index contributed by atoms with van der Waals surface area (Å²) in [7, 11) is 0. The van der Waals surface area contributed by atoms with Gasteiger partial charge in [-0.05, 0) is 25.8 Å². The van der Waals surface area contributed by atoms with E-state index in [2.05, 4.69) is 16.3 Å². The lowest BCUT2D eigenvalue weighted by atomic mass is 10.1. The second kappa shape index (κ2) is 6.16. The summed E-state index contributed by atoms with van der Waals surface area (Å²) in [6.45, 7) is 7.02. The number of anilines is 1. The van der Waals surface area contributed by atoms with E-state index in [1.807, 2.05) is 25.7 Å². The first kappa shape index (κ1) is 13.4. The normalized spacial score (nSPS) is 10.1. The number of aliphatic hydroxyl groups excluding tert-OH is 1. The highest BCUT2D eigenvalue weighted by Gasteiger charge is 2.16. The van der Waals surface area contributed by atoms with Gasteiger partial charge in [0, 0.05) is 13.1 Å². The van der Waals surface area contributed by atoms with Crippen LogP contribution in [0.15, 0.2) is 0 Å². The highest BCUT2D eigenvalue weighted by Crippen LogP contribution is 2.21. The van der Waals surface area contributed by atoms with Crippen LogP contribution < -0.4 is 4.90 Å². The summed E-state index contributed by atoms with van der Waals surface area (Å²) in [5, 5.41) is 26.4. The molecule has 0 aliphatic rings. The minimum Gasteiger partial charge on any atom is -0.395 e. The molecule has 1 N–H and O–H groups in total. The van der Waals surface area contributed by atoms with Crippen molar-refractivity contribution in [2.45, 2.75) is 27.2 Å². The molecule has 5 nitrogen and oxygen atoms in total. The smallest absolute Gasteiger partial charge is 0.169 e. The minimum atomic E-state index is 0.0411. The van der Waals surface area contributed by atoms with E-state index < -0.39 is 0 Å². The number of nitriles is 1. The topological polar surface area (TPSA) is 73.0 Å². The van der Waals surface area contributed by atoms with E-state index >= 15 is 0 Å². The first-order valence-electron chi connectivity index (χ1n) is 5.75. The largest absolute Gasteiger partial charge is 0.395 e. The Morgan fingerprint density at radius 3 is 2.53 bits per heavy atom. The summed E-state index contributed by atoms with van der Waals surface area (Å²) in [5.74, 6) is 0.575. The van der Waals surface area contributed by atoms with Gasteiger partial charge >= 0.3 is 0 Å². The average molecular weight is 234 g/mol. The Bertz CT molecular complexity index is 419. The molecular formula is C12H18N4O. The Hall–Kier alpha value is -1.67. The summed E-state index contributed by atoms with van der Waals surface area (Å²) in [5.41, 5.74) is 2.18. The predicted molar refractivity (Wildman–Crippen MR) is 65.8 cm³/mol. The number of aryl methyl sites for hydroxylation is 1. The minimum absolute atomic E-state index is 0.0411. The van der Waals surface area contributed by atoms with Crippen LogP contribution in [0.25, 0.3) is 0 Å². The van der Waals surface area contributed by atoms with Gasteiger partial charge < -0.3 is 10.0 Å². The molecule has 0 spiro atoms. The summed E-state index contributed by atoms with van der Waals surface area (Å²) < 4.78 is 0. The molecule has 0 fully saturated rings. The van der Waals surface area contributed by atoms with Crippen molar-refractivity contribution in [1.82, 2.24) is 10.2 Å². The molecule has 0 amide bonds. The van der Waals surface area contributed by atoms with Crippen LogP contribution in [0.2, 0.25) is 0 Å². The van der Waals surface area contributed by atoms with Gasteiger partial charge in [-0.25, -0.2) is 0 Å². The number of hydrogen-bond donors (Lipinski definition) is 1. The molecule has 0 saturated carbocycles. The number of hydrogen-bond acceptors (Lipinski definition) is 5. The fraction of sp³-hybridized carbons (Fsp3) is 0.583. The van der Waals surface area contributed by atoms with E-state index in [9.17, 15) is 5.26 Å². The standard InChI is InChI=1S/C12H18N4O/c1-4-5-16(6-7-17)12-11(8-13)9(2)10(3)14-15-12/h17H,4-7H2,1-3H3. The third kappa shape index (κ3) is 2.92. The fourth-order valence-corrected chi connectivity index (χ4v) is 1.67. The molecule has 1 rings (SSSR count). The fourth-order valence-electron chi connectivity index (χ4n) is 1.67. The van der Waals surface area contributed by atoms with Gasteiger partial charge in [0.1, 0.15) is 11.6 Å². The molecule has 0 unspecified atom stereocenters. The van der Waals surface area contributed by atoms with Gasteiger partial charge in [0.25, 0.3) is 0 Å². The van der Waals surface area contributed by atoms with E-state index in [-0.39, 0.29) is 6.61 Å². The molecule has 0 aromatic carbocycles. The highest BCUT2D eigenvalue weighted by molar-refractivity contribution is 5.57. The van der Waals surface area contributed by atoms with E-state index in [1.54, 1.807) is 0 Å². The molecule has 0 aliphatic carbocycles. The lowest BCUT2D eigenvalue weighted by Crippen LogP contribution is -2.29. The first-order valence-corrected chi connectivity index (χ1v) is 5.75. The van der Waals surface area contributed by atoms with E-state index in [0.29, 0.717) is 17.9 Å². The zero-order valence-corrected chi connectivity index (χ0v) is 10.6. The summed E-state index contributed by atoms with van der Waals surface area (Å²) >= 11 is 0. The van der Waals surface area contributed by atoms with Crippen LogP contribution in [0, 0.1) is 25.2 Å². The van der Waals surface area contributed by atoms with Gasteiger partial charge in [-0.2, -0.15) is 10.4 Å². The summed E-state index contributed by atoms with van der Waals surface area (Å²) in [6, 6.07) is 2.18. The number of aliphatic hydroxyl groups is 1. The Morgan fingerprint density at radius 1 is 1.29 bits per heavy atom. The molecule has 1 aromatic rings. The highest BCUT2D eigenvalue weighted by atomic mass is 16.3. The van der Waals surface area contributed by atoms with Crippen molar-refractivity contribution in [3.63, 3.8) is 0 Å². The molecule has 5 heteroatoms. The zero-order chi connectivity index (χ0) is 12.8. The summed E-state index contributed by atoms with van der Waals surface area (Å²) in [6.07, 6.45) is 0.930. The van der Waals surface area contributed by atoms with Crippen molar-refractivity contribution < 1.29 is 5.11 Å². The Balaban J connectivity index is 3.19. The Kier molecular flexibility index (Phi) is 4.85. The van der Waals surface area contributed by atoms with Gasteiger partial charge in [0.05, 0.1) is 12.3 Å². The van der Waals surface area contributed by atoms with E-state index in [4.69, 9.17) is 5.11 Å². The third-order valence-electron chi connectivity index (χ3n) is 2.71. The molecule has 1 heterocycles. The van der Waals surface area contributed by atoms with Crippen LogP contribution in [-0.2, 0) is 0 Å². The van der Waals surface area contributed by atoms with Crippen LogP contribution in [0.1, 0.15) is 30.2 Å². The molecule has 0 aliphatic heterocycles. The maximum atomic E-state index is 9.20. The molecule has 1 aromatic heterocycles. The van der Waals surface area contributed by atoms with Crippen LogP contribution in [0.3, 0.4) is 0 Å². The maximum absolute atomic E-state index is 9.20. The van der Waals surface area contributed by atoms with Crippen molar-refractivity contribution in [1.29, 1.82) is 5.26 Å². The first-order chi connectivity index (χ1) is 8.15. The molecule has 0 saturated heterocycles. The van der Waals surface area contributed by atoms with Crippen LogP contribution in [0.5, 0.6) is 0 Å². The second-order valence-electron chi connectivity index (χ2n) is 3.93. The predicted octanol–water partition coefficient (Wildman–Crippen LogP) is 1.17. The Morgan fingerprint density at radius 2 is 2.00 bits per heavy atom. The quantitative estimate of drug-likeness (QED) is 0.828. The molecule has 0 atom stereocenters. The maximum Gasteiger partial charge on any atom is 0.169 e. The number of nitrogens with zero attached hydrogens (tertiary/aromatic N) is 4. The van der Waals surface area contributed by atoms with E-state index in [1.165, 1.54) is 0 Å². The van der Waals surface area contributed by atoms with Gasteiger partial charge in [-0.1, -0.05) is 6.92 Å². The second-order valence-corrected chi connectivity index (χ2v) is 3.93. The van der Waals surface area contributed by atoms with Crippen LogP contribution in [0.4, 0.5) is 5.82 Å². The lowest BCUT2D eigenvalue weighted by Gasteiger charge is -2.23. The molecular weight excluding hydrogens is 216 g/mol. The van der Waals surface area contributed by atoms with Gasteiger partial charge in [-0.3, -0.25) is 0 Å². The van der Waals surface area contributed by atoms with Gasteiger partial charge in [-0.15, -0.1) is 5.10 Å². The molecule has 17 heavy (non-hydrogen) atoms. The van der Waals surface area contributed by atoms with Crippen molar-refractivity contribution in [2.24, 2.45) is 0 Å². The molecule has 0 bridgehead atoms. The average Bonchev–Trinajstić information content (AvgIpc) is 2.32. The van der Waals surface area contributed by atoms with Gasteiger partial charge in [0.2, 0.25) is 0 Å². The third-order valence-corrected chi connectivity index (χ3v) is 2.71. The van der Waals surface area contributed by atoms with Crippen LogP contribution >= 0.6 is 0 Å². The Labute approximate surface area is 102 Å². The van der Waals surface area contributed by atoms with Gasteiger partial charge in [0.15, 0.2) is 5.82 Å². The molecule has 0 radical (unpaired) electrons. The van der Waals surface area contributed by atoms with Crippen molar-refractivity contribution >= 4 is 5.82 Å². The SMILES string of the molecule is CCCN(CCO)c1nnc(C)c(C)c1C#N. The number of rotatable bonds is 5. The lowest BCUT2D eigenvalue weighted by molar-refractivity contribution is 0.301. The zero-order valence-electron chi connectivity index (χ0n) is 10.6. The van der Waals surface area contributed by atoms with Crippen molar-refractivity contribution in [3.8, 4) is 6.07 Å². The number of aromatic nitrogens is 2.